The van der Waals surface area contributed by atoms with Crippen LogP contribution in [-0.2, 0) is 11.3 Å². The van der Waals surface area contributed by atoms with Gasteiger partial charge in [-0.1, -0.05) is 71.9 Å². The highest BCUT2D eigenvalue weighted by Crippen LogP contribution is 2.31. The van der Waals surface area contributed by atoms with E-state index in [1.165, 1.54) is 0 Å². The van der Waals surface area contributed by atoms with Gasteiger partial charge in [-0.15, -0.1) is 0 Å². The van der Waals surface area contributed by atoms with Gasteiger partial charge >= 0.3 is 5.97 Å². The van der Waals surface area contributed by atoms with Gasteiger partial charge in [0, 0.05) is 31.3 Å². The molecule has 31 heavy (non-hydrogen) atoms. The van der Waals surface area contributed by atoms with E-state index in [9.17, 15) is 4.79 Å². The summed E-state index contributed by atoms with van der Waals surface area (Å²) < 4.78 is 5.43. The molecule has 1 aliphatic heterocycles. The summed E-state index contributed by atoms with van der Waals surface area (Å²) in [5, 5.41) is 15.5. The van der Waals surface area contributed by atoms with Gasteiger partial charge in [0.2, 0.25) is 5.82 Å². The van der Waals surface area contributed by atoms with Crippen LogP contribution in [-0.4, -0.2) is 39.2 Å². The average Bonchev–Trinajstić information content (AvgIpc) is 3.23. The van der Waals surface area contributed by atoms with Gasteiger partial charge < -0.3 is 9.63 Å². The second-order valence-corrected chi connectivity index (χ2v) is 7.75. The maximum atomic E-state index is 11.1. The molecule has 6 heteroatoms. The SMILES string of the molecule is O=C(O)C1CN(Cc2ccc(-c3noc(/C=C/c4ccccc4)n3)c3ccccc23)C1. The van der Waals surface area contributed by atoms with Gasteiger partial charge in [0.25, 0.3) is 5.89 Å². The van der Waals surface area contributed by atoms with Crippen molar-refractivity contribution < 1.29 is 14.4 Å². The summed E-state index contributed by atoms with van der Waals surface area (Å²) in [7, 11) is 0. The van der Waals surface area contributed by atoms with Crippen LogP contribution < -0.4 is 0 Å². The Morgan fingerprint density at radius 2 is 1.74 bits per heavy atom. The highest BCUT2D eigenvalue weighted by Gasteiger charge is 2.32. The van der Waals surface area contributed by atoms with Crippen LogP contribution in [0.4, 0.5) is 0 Å². The third-order valence-corrected chi connectivity index (χ3v) is 5.62. The van der Waals surface area contributed by atoms with Crippen LogP contribution in [0, 0.1) is 5.92 Å². The van der Waals surface area contributed by atoms with Crippen LogP contribution in [0.3, 0.4) is 0 Å². The third kappa shape index (κ3) is 3.98. The van der Waals surface area contributed by atoms with Crippen LogP contribution in [0.2, 0.25) is 0 Å². The molecule has 0 unspecified atom stereocenters. The van der Waals surface area contributed by atoms with Crippen molar-refractivity contribution in [3.8, 4) is 11.4 Å². The van der Waals surface area contributed by atoms with Crippen molar-refractivity contribution in [1.82, 2.24) is 15.0 Å². The molecule has 0 bridgehead atoms. The van der Waals surface area contributed by atoms with Crippen LogP contribution >= 0.6 is 0 Å². The monoisotopic (exact) mass is 411 g/mol. The largest absolute Gasteiger partial charge is 0.481 e. The van der Waals surface area contributed by atoms with Crippen molar-refractivity contribution >= 4 is 28.9 Å². The lowest BCUT2D eigenvalue weighted by atomic mass is 9.95. The number of fused-ring (bicyclic) bond motifs is 1. The molecule has 6 nitrogen and oxygen atoms in total. The Labute approximate surface area is 179 Å². The van der Waals surface area contributed by atoms with Crippen LogP contribution in [0.15, 0.2) is 71.3 Å². The second-order valence-electron chi connectivity index (χ2n) is 7.75. The van der Waals surface area contributed by atoms with E-state index in [-0.39, 0.29) is 5.92 Å². The maximum absolute atomic E-state index is 11.1. The highest BCUT2D eigenvalue weighted by atomic mass is 16.5. The van der Waals surface area contributed by atoms with Gasteiger partial charge in [-0.25, -0.2) is 0 Å². The average molecular weight is 411 g/mol. The van der Waals surface area contributed by atoms with Crippen molar-refractivity contribution in [2.75, 3.05) is 13.1 Å². The van der Waals surface area contributed by atoms with E-state index in [0.29, 0.717) is 24.8 Å². The summed E-state index contributed by atoms with van der Waals surface area (Å²) in [4.78, 5) is 17.8. The predicted octanol–water partition coefficient (Wildman–Crippen LogP) is 4.58. The standard InChI is InChI=1S/C25H21N3O3/c29-25(30)19-15-28(16-19)14-18-11-12-22(21-9-5-4-8-20(18)21)24-26-23(31-27-24)13-10-17-6-2-1-3-7-17/h1-13,19H,14-16H2,(H,29,30)/b13-10+. The fourth-order valence-electron chi connectivity index (χ4n) is 3.93. The molecule has 1 fully saturated rings. The van der Waals surface area contributed by atoms with Crippen LogP contribution in [0.5, 0.6) is 0 Å². The minimum absolute atomic E-state index is 0.257. The first kappa shape index (κ1) is 19.2. The van der Waals surface area contributed by atoms with E-state index >= 15 is 0 Å². The smallest absolute Gasteiger partial charge is 0.309 e. The molecule has 1 aromatic heterocycles. The molecule has 5 rings (SSSR count). The lowest BCUT2D eigenvalue weighted by Gasteiger charge is -2.36. The molecule has 0 atom stereocenters. The van der Waals surface area contributed by atoms with Gasteiger partial charge in [0.15, 0.2) is 0 Å². The molecule has 3 aromatic carbocycles. The number of benzene rings is 3. The summed E-state index contributed by atoms with van der Waals surface area (Å²) >= 11 is 0. The maximum Gasteiger partial charge on any atom is 0.309 e. The number of hydrogen-bond donors (Lipinski definition) is 1. The van der Waals surface area contributed by atoms with E-state index < -0.39 is 5.97 Å². The van der Waals surface area contributed by atoms with Crippen molar-refractivity contribution in [3.63, 3.8) is 0 Å². The van der Waals surface area contributed by atoms with Gasteiger partial charge in [-0.3, -0.25) is 9.69 Å². The van der Waals surface area contributed by atoms with E-state index in [0.717, 1.165) is 34.0 Å². The number of nitrogens with zero attached hydrogens (tertiary/aromatic N) is 3. The number of likely N-dealkylation sites (tertiary alicyclic amines) is 1. The fourth-order valence-corrected chi connectivity index (χ4v) is 3.93. The molecule has 0 radical (unpaired) electrons. The lowest BCUT2D eigenvalue weighted by molar-refractivity contribution is -0.147. The Balaban J connectivity index is 1.41. The molecule has 1 aliphatic rings. The number of hydrogen-bond acceptors (Lipinski definition) is 5. The van der Waals surface area contributed by atoms with Crippen molar-refractivity contribution in [2.24, 2.45) is 5.92 Å². The van der Waals surface area contributed by atoms with Crippen LogP contribution in [0.25, 0.3) is 34.3 Å². The lowest BCUT2D eigenvalue weighted by Crippen LogP contribution is -2.49. The first-order valence-corrected chi connectivity index (χ1v) is 10.2. The summed E-state index contributed by atoms with van der Waals surface area (Å²) in [5.41, 5.74) is 3.14. The Bertz CT molecular complexity index is 1260. The Morgan fingerprint density at radius 1 is 1.00 bits per heavy atom. The summed E-state index contributed by atoms with van der Waals surface area (Å²) in [6.07, 6.45) is 3.75. The third-order valence-electron chi connectivity index (χ3n) is 5.62. The normalized spacial score (nSPS) is 14.8. The number of carboxylic acids is 1. The van der Waals surface area contributed by atoms with E-state index in [1.54, 1.807) is 0 Å². The summed E-state index contributed by atoms with van der Waals surface area (Å²) in [6.45, 7) is 1.91. The molecule has 0 saturated carbocycles. The second kappa shape index (κ2) is 8.16. The first-order chi connectivity index (χ1) is 15.2. The van der Waals surface area contributed by atoms with E-state index in [1.807, 2.05) is 60.7 Å². The predicted molar refractivity (Wildman–Crippen MR) is 119 cm³/mol. The number of carboxylic acid groups (broad SMARTS) is 1. The van der Waals surface area contributed by atoms with Gasteiger partial charge in [-0.2, -0.15) is 4.98 Å². The zero-order valence-electron chi connectivity index (χ0n) is 16.8. The Kier molecular flexibility index (Phi) is 5.06. The first-order valence-electron chi connectivity index (χ1n) is 10.2. The number of rotatable bonds is 6. The Morgan fingerprint density at radius 3 is 2.52 bits per heavy atom. The van der Waals surface area contributed by atoms with E-state index in [2.05, 4.69) is 33.2 Å². The molecular formula is C25H21N3O3. The zero-order valence-corrected chi connectivity index (χ0v) is 16.8. The number of aliphatic carboxylic acids is 1. The summed E-state index contributed by atoms with van der Waals surface area (Å²) in [6, 6.07) is 22.2. The van der Waals surface area contributed by atoms with Crippen molar-refractivity contribution in [1.29, 1.82) is 0 Å². The Hall–Kier alpha value is -3.77. The molecule has 0 spiro atoms. The molecule has 2 heterocycles. The minimum Gasteiger partial charge on any atom is -0.481 e. The molecule has 4 aromatic rings. The van der Waals surface area contributed by atoms with Gasteiger partial charge in [0.1, 0.15) is 0 Å². The number of carbonyl (C=O) groups is 1. The fraction of sp³-hybridized carbons (Fsp3) is 0.160. The topological polar surface area (TPSA) is 79.5 Å². The van der Waals surface area contributed by atoms with Crippen LogP contribution in [0.1, 0.15) is 17.0 Å². The molecule has 154 valence electrons. The van der Waals surface area contributed by atoms with Crippen molar-refractivity contribution in [2.45, 2.75) is 6.54 Å². The highest BCUT2D eigenvalue weighted by molar-refractivity contribution is 5.97. The zero-order chi connectivity index (χ0) is 21.2. The molecule has 1 N–H and O–H groups in total. The van der Waals surface area contributed by atoms with E-state index in [4.69, 9.17) is 9.63 Å². The van der Waals surface area contributed by atoms with Gasteiger partial charge in [0.05, 0.1) is 5.92 Å². The number of aromatic nitrogens is 2. The molecule has 0 aliphatic carbocycles. The quantitative estimate of drug-likeness (QED) is 0.500. The molecule has 1 saturated heterocycles. The minimum atomic E-state index is -0.717. The van der Waals surface area contributed by atoms with Crippen molar-refractivity contribution in [3.05, 3.63) is 83.7 Å². The molecular weight excluding hydrogens is 390 g/mol. The molecule has 0 amide bonds. The summed E-state index contributed by atoms with van der Waals surface area (Å²) in [5.74, 6) is 0.0237. The van der Waals surface area contributed by atoms with Gasteiger partial charge in [-0.05, 0) is 28.0 Å².